The van der Waals surface area contributed by atoms with Crippen LogP contribution < -0.4 is 0 Å². The van der Waals surface area contributed by atoms with Gasteiger partial charge in [0.25, 0.3) is 0 Å². The zero-order valence-electron chi connectivity index (χ0n) is 16.1. The average molecular weight is 465 g/mol. The van der Waals surface area contributed by atoms with Crippen LogP contribution >= 0.6 is 27.7 Å². The van der Waals surface area contributed by atoms with Gasteiger partial charge in [0.2, 0.25) is 0 Å². The van der Waals surface area contributed by atoms with Gasteiger partial charge < -0.3 is 0 Å². The van der Waals surface area contributed by atoms with Crippen LogP contribution in [-0.2, 0) is 0 Å². The lowest BCUT2D eigenvalue weighted by Crippen LogP contribution is -1.93. The molecular weight excluding hydrogens is 448 g/mol. The van der Waals surface area contributed by atoms with Gasteiger partial charge in [0.15, 0.2) is 0 Å². The molecule has 0 N–H and O–H groups in total. The molecule has 1 aliphatic heterocycles. The molecule has 0 radical (unpaired) electrons. The van der Waals surface area contributed by atoms with Crippen molar-refractivity contribution in [2.75, 3.05) is 0 Å². The maximum absolute atomic E-state index is 3.53. The molecule has 0 fully saturated rings. The lowest BCUT2D eigenvalue weighted by atomic mass is 9.93. The first-order valence-corrected chi connectivity index (χ1v) is 11.6. The number of halogens is 1. The molecule has 2 heteroatoms. The predicted octanol–water partition coefficient (Wildman–Crippen LogP) is 9.07. The van der Waals surface area contributed by atoms with Gasteiger partial charge in [0.1, 0.15) is 0 Å². The molecule has 142 valence electrons. The molecule has 1 heterocycles. The van der Waals surface area contributed by atoms with Gasteiger partial charge in [-0.2, -0.15) is 0 Å². The van der Waals surface area contributed by atoms with E-state index in [0.29, 0.717) is 0 Å². The second kappa shape index (κ2) is 7.16. The summed E-state index contributed by atoms with van der Waals surface area (Å²) in [7, 11) is 0. The SMILES string of the molecule is Brc1ccc(-c2cccc(-c3ccc4c(c3)-c3cccc5cccc(c35)S4)c2)cc1. The standard InChI is InChI=1S/C28H17BrS/c29-23-13-10-18(11-14-23)20-6-1-7-21(16-20)22-12-15-26-25(17-22)24-8-2-4-19-5-3-9-27(30-26)28(19)24/h1-17H. The van der Waals surface area contributed by atoms with Gasteiger partial charge in [0, 0.05) is 19.6 Å². The predicted molar refractivity (Wildman–Crippen MR) is 132 cm³/mol. The summed E-state index contributed by atoms with van der Waals surface area (Å²) in [5.74, 6) is 0. The minimum atomic E-state index is 1.10. The monoisotopic (exact) mass is 464 g/mol. The lowest BCUT2D eigenvalue weighted by molar-refractivity contribution is 1.39. The lowest BCUT2D eigenvalue weighted by Gasteiger charge is -2.21. The highest BCUT2D eigenvalue weighted by atomic mass is 79.9. The zero-order valence-corrected chi connectivity index (χ0v) is 18.5. The highest BCUT2D eigenvalue weighted by Gasteiger charge is 2.19. The highest BCUT2D eigenvalue weighted by molar-refractivity contribution is 9.10. The molecule has 0 aromatic heterocycles. The summed E-state index contributed by atoms with van der Waals surface area (Å²) in [5, 5.41) is 2.68. The fourth-order valence-corrected chi connectivity index (χ4v) is 5.66. The van der Waals surface area contributed by atoms with Crippen LogP contribution in [0.15, 0.2) is 117 Å². The first kappa shape index (κ1) is 18.0. The third kappa shape index (κ3) is 2.99. The van der Waals surface area contributed by atoms with Gasteiger partial charge in [-0.1, -0.05) is 94.4 Å². The normalized spacial score (nSPS) is 12.0. The van der Waals surface area contributed by atoms with E-state index in [9.17, 15) is 0 Å². The Morgan fingerprint density at radius 3 is 2.00 bits per heavy atom. The highest BCUT2D eigenvalue weighted by Crippen LogP contribution is 2.48. The summed E-state index contributed by atoms with van der Waals surface area (Å²) in [6.45, 7) is 0. The van der Waals surface area contributed by atoms with Crippen molar-refractivity contribution in [3.8, 4) is 33.4 Å². The maximum Gasteiger partial charge on any atom is 0.0207 e. The number of benzene rings is 5. The van der Waals surface area contributed by atoms with Crippen molar-refractivity contribution in [2.24, 2.45) is 0 Å². The van der Waals surface area contributed by atoms with Crippen molar-refractivity contribution in [3.05, 3.63) is 108 Å². The van der Waals surface area contributed by atoms with E-state index in [1.807, 2.05) is 11.8 Å². The summed E-state index contributed by atoms with van der Waals surface area (Å²) >= 11 is 5.40. The Labute approximate surface area is 188 Å². The van der Waals surface area contributed by atoms with Crippen LogP contribution in [0.4, 0.5) is 0 Å². The molecule has 0 atom stereocenters. The van der Waals surface area contributed by atoms with E-state index < -0.39 is 0 Å². The fourth-order valence-electron chi connectivity index (χ4n) is 4.26. The van der Waals surface area contributed by atoms with Crippen LogP contribution in [-0.4, -0.2) is 0 Å². The van der Waals surface area contributed by atoms with Crippen molar-refractivity contribution in [1.29, 1.82) is 0 Å². The molecule has 0 saturated carbocycles. The van der Waals surface area contributed by atoms with Crippen LogP contribution in [0.1, 0.15) is 0 Å². The van der Waals surface area contributed by atoms with Crippen molar-refractivity contribution in [2.45, 2.75) is 9.79 Å². The maximum atomic E-state index is 3.53. The topological polar surface area (TPSA) is 0 Å². The number of hydrogen-bond acceptors (Lipinski definition) is 1. The Bertz CT molecular complexity index is 1410. The van der Waals surface area contributed by atoms with Gasteiger partial charge in [-0.15, -0.1) is 0 Å². The molecule has 5 aromatic carbocycles. The molecule has 0 unspecified atom stereocenters. The smallest absolute Gasteiger partial charge is 0.0207 e. The van der Waals surface area contributed by atoms with Crippen molar-refractivity contribution < 1.29 is 0 Å². The summed E-state index contributed by atoms with van der Waals surface area (Å²) in [4.78, 5) is 2.68. The summed E-state index contributed by atoms with van der Waals surface area (Å²) < 4.78 is 1.10. The summed E-state index contributed by atoms with van der Waals surface area (Å²) in [5.41, 5.74) is 7.63. The molecule has 0 nitrogen and oxygen atoms in total. The third-order valence-corrected chi connectivity index (χ3v) is 7.39. The van der Waals surface area contributed by atoms with Crippen molar-refractivity contribution in [3.63, 3.8) is 0 Å². The van der Waals surface area contributed by atoms with Gasteiger partial charge in [-0.3, -0.25) is 0 Å². The van der Waals surface area contributed by atoms with Crippen LogP contribution in [0, 0.1) is 0 Å². The molecule has 5 aromatic rings. The molecule has 0 amide bonds. The second-order valence-electron chi connectivity index (χ2n) is 7.56. The largest absolute Gasteiger partial charge is 0.0888 e. The first-order chi connectivity index (χ1) is 14.8. The minimum absolute atomic E-state index is 1.10. The molecular formula is C28H17BrS. The molecule has 0 saturated heterocycles. The fraction of sp³-hybridized carbons (Fsp3) is 0. The van der Waals surface area contributed by atoms with Gasteiger partial charge in [0.05, 0.1) is 0 Å². The molecule has 1 aliphatic rings. The van der Waals surface area contributed by atoms with E-state index in [2.05, 4.69) is 119 Å². The van der Waals surface area contributed by atoms with Crippen LogP contribution in [0.5, 0.6) is 0 Å². The van der Waals surface area contributed by atoms with Gasteiger partial charge in [-0.25, -0.2) is 0 Å². The Morgan fingerprint density at radius 2 is 1.17 bits per heavy atom. The number of rotatable bonds is 2. The van der Waals surface area contributed by atoms with E-state index >= 15 is 0 Å². The Kier molecular flexibility index (Phi) is 4.29. The minimum Gasteiger partial charge on any atom is -0.0888 e. The van der Waals surface area contributed by atoms with E-state index in [0.717, 1.165) is 4.47 Å². The summed E-state index contributed by atoms with van der Waals surface area (Å²) in [6, 6.07) is 37.4. The van der Waals surface area contributed by atoms with Crippen LogP contribution in [0.25, 0.3) is 44.2 Å². The number of fused-ring (bicyclic) bond motifs is 2. The Hall–Kier alpha value is -2.81. The Morgan fingerprint density at radius 1 is 0.500 bits per heavy atom. The molecule has 0 bridgehead atoms. The van der Waals surface area contributed by atoms with E-state index in [4.69, 9.17) is 0 Å². The van der Waals surface area contributed by atoms with Crippen LogP contribution in [0.2, 0.25) is 0 Å². The Balaban J connectivity index is 1.49. The first-order valence-electron chi connectivity index (χ1n) is 9.97. The van der Waals surface area contributed by atoms with E-state index in [-0.39, 0.29) is 0 Å². The second-order valence-corrected chi connectivity index (χ2v) is 9.56. The van der Waals surface area contributed by atoms with Gasteiger partial charge in [-0.05, 0) is 75.2 Å². The number of hydrogen-bond donors (Lipinski definition) is 0. The van der Waals surface area contributed by atoms with E-state index in [1.165, 1.54) is 53.9 Å². The molecule has 6 rings (SSSR count). The van der Waals surface area contributed by atoms with Crippen molar-refractivity contribution in [1.82, 2.24) is 0 Å². The van der Waals surface area contributed by atoms with Gasteiger partial charge >= 0.3 is 0 Å². The average Bonchev–Trinajstić information content (AvgIpc) is 2.80. The molecule has 30 heavy (non-hydrogen) atoms. The molecule has 0 spiro atoms. The van der Waals surface area contributed by atoms with Crippen molar-refractivity contribution >= 4 is 38.5 Å². The quantitative estimate of drug-likeness (QED) is 0.246. The zero-order chi connectivity index (χ0) is 20.1. The van der Waals surface area contributed by atoms with Crippen LogP contribution in [0.3, 0.4) is 0 Å². The summed E-state index contributed by atoms with van der Waals surface area (Å²) in [6.07, 6.45) is 0. The van der Waals surface area contributed by atoms with E-state index in [1.54, 1.807) is 0 Å². The third-order valence-electron chi connectivity index (χ3n) is 5.73. The molecule has 0 aliphatic carbocycles.